The molecule has 2 aliphatic rings. The lowest BCUT2D eigenvalue weighted by molar-refractivity contribution is -0.186. The fraction of sp³-hybridized carbons (Fsp3) is 0.571. The molecule has 1 heterocycles. The van der Waals surface area contributed by atoms with E-state index < -0.39 is 5.54 Å². The number of allylic oxidation sites excluding steroid dienone is 2. The van der Waals surface area contributed by atoms with Crippen LogP contribution in [0.2, 0.25) is 0 Å². The summed E-state index contributed by atoms with van der Waals surface area (Å²) in [6, 6.07) is 0. The van der Waals surface area contributed by atoms with Crippen molar-refractivity contribution < 1.29 is 14.4 Å². The van der Waals surface area contributed by atoms with Gasteiger partial charge in [-0.15, -0.1) is 0 Å². The summed E-state index contributed by atoms with van der Waals surface area (Å²) in [7, 11) is 1.50. The molecule has 0 aromatic heterocycles. The van der Waals surface area contributed by atoms with Gasteiger partial charge in [-0.25, -0.2) is 5.06 Å². The Morgan fingerprint density at radius 1 is 1.22 bits per heavy atom. The molecule has 0 unspecified atom stereocenters. The quantitative estimate of drug-likeness (QED) is 0.768. The Hall–Kier alpha value is -1.42. The fourth-order valence-corrected chi connectivity index (χ4v) is 2.97. The lowest BCUT2D eigenvalue weighted by Gasteiger charge is -2.31. The zero-order chi connectivity index (χ0) is 13.4. The van der Waals surface area contributed by atoms with Crippen LogP contribution in [0, 0.1) is 5.41 Å². The van der Waals surface area contributed by atoms with Crippen LogP contribution < -0.4 is 0 Å². The van der Waals surface area contributed by atoms with Gasteiger partial charge in [-0.3, -0.25) is 14.4 Å². The molecule has 0 saturated carbocycles. The van der Waals surface area contributed by atoms with Crippen LogP contribution in [-0.4, -0.2) is 29.4 Å². The first-order valence-electron chi connectivity index (χ1n) is 6.35. The monoisotopic (exact) mass is 249 g/mol. The summed E-state index contributed by atoms with van der Waals surface area (Å²) in [5.41, 5.74) is -0.975. The largest absolute Gasteiger partial charge is 0.290 e. The Balaban J connectivity index is 2.44. The Kier molecular flexibility index (Phi) is 3.15. The molecule has 2 rings (SSSR count). The van der Waals surface area contributed by atoms with Crippen LogP contribution in [0.4, 0.5) is 0 Å². The van der Waals surface area contributed by atoms with Crippen LogP contribution in [0.3, 0.4) is 0 Å². The first-order valence-corrected chi connectivity index (χ1v) is 6.35. The summed E-state index contributed by atoms with van der Waals surface area (Å²) in [4.78, 5) is 29.1. The molecule has 98 valence electrons. The standard InChI is InChI=1S/C14H19NO3/c1-4-13(5-2)10-14(15(18-3)12(13)17)8-6-11(16)7-9-14/h6-9H,4-5,10H2,1-3H3. The van der Waals surface area contributed by atoms with Crippen molar-refractivity contribution in [1.82, 2.24) is 5.06 Å². The minimum absolute atomic E-state index is 0.0126. The second-order valence-corrected chi connectivity index (χ2v) is 5.01. The van der Waals surface area contributed by atoms with Crippen LogP contribution >= 0.6 is 0 Å². The normalized spacial score (nSPS) is 24.3. The Labute approximate surface area is 107 Å². The minimum Gasteiger partial charge on any atom is -0.290 e. The predicted molar refractivity (Wildman–Crippen MR) is 67.5 cm³/mol. The molecule has 0 radical (unpaired) electrons. The van der Waals surface area contributed by atoms with Crippen molar-refractivity contribution in [2.45, 2.75) is 38.6 Å². The van der Waals surface area contributed by atoms with E-state index in [-0.39, 0.29) is 17.1 Å². The van der Waals surface area contributed by atoms with E-state index in [9.17, 15) is 9.59 Å². The number of ketones is 1. The number of hydrogen-bond donors (Lipinski definition) is 0. The molecule has 1 aliphatic heterocycles. The molecule has 1 spiro atoms. The van der Waals surface area contributed by atoms with Gasteiger partial charge in [0, 0.05) is 0 Å². The molecular weight excluding hydrogens is 230 g/mol. The highest BCUT2D eigenvalue weighted by Gasteiger charge is 2.57. The third-order valence-corrected chi connectivity index (χ3v) is 4.25. The van der Waals surface area contributed by atoms with E-state index in [4.69, 9.17) is 4.84 Å². The molecule has 0 bridgehead atoms. The summed E-state index contributed by atoms with van der Waals surface area (Å²) < 4.78 is 0. The molecule has 1 amide bonds. The average molecular weight is 249 g/mol. The highest BCUT2D eigenvalue weighted by Crippen LogP contribution is 2.49. The average Bonchev–Trinajstić information content (AvgIpc) is 2.63. The van der Waals surface area contributed by atoms with Crippen LogP contribution in [0.15, 0.2) is 24.3 Å². The van der Waals surface area contributed by atoms with Crippen molar-refractivity contribution >= 4 is 11.7 Å². The first kappa shape index (κ1) is 13.0. The molecule has 1 saturated heterocycles. The topological polar surface area (TPSA) is 46.6 Å². The van der Waals surface area contributed by atoms with E-state index in [0.717, 1.165) is 12.8 Å². The molecule has 0 atom stereocenters. The third kappa shape index (κ3) is 1.63. The van der Waals surface area contributed by atoms with E-state index in [1.165, 1.54) is 24.3 Å². The van der Waals surface area contributed by atoms with E-state index in [1.54, 1.807) is 12.2 Å². The van der Waals surface area contributed by atoms with Crippen molar-refractivity contribution in [3.63, 3.8) is 0 Å². The predicted octanol–water partition coefficient (Wildman–Crippen LogP) is 2.02. The van der Waals surface area contributed by atoms with Gasteiger partial charge in [0.25, 0.3) is 5.91 Å². The lowest BCUT2D eigenvalue weighted by Crippen LogP contribution is -2.43. The Morgan fingerprint density at radius 3 is 2.22 bits per heavy atom. The summed E-state index contributed by atoms with van der Waals surface area (Å²) in [5.74, 6) is -0.0340. The first-order chi connectivity index (χ1) is 8.53. The van der Waals surface area contributed by atoms with Crippen molar-refractivity contribution in [1.29, 1.82) is 0 Å². The van der Waals surface area contributed by atoms with Crippen LogP contribution in [0.5, 0.6) is 0 Å². The van der Waals surface area contributed by atoms with Gasteiger partial charge in [0.1, 0.15) is 5.54 Å². The number of amides is 1. The van der Waals surface area contributed by atoms with E-state index in [0.29, 0.717) is 6.42 Å². The van der Waals surface area contributed by atoms with E-state index in [1.807, 2.05) is 13.8 Å². The van der Waals surface area contributed by atoms with Crippen LogP contribution in [0.25, 0.3) is 0 Å². The van der Waals surface area contributed by atoms with E-state index >= 15 is 0 Å². The number of nitrogens with zero attached hydrogens (tertiary/aromatic N) is 1. The number of hydrogen-bond acceptors (Lipinski definition) is 3. The van der Waals surface area contributed by atoms with Gasteiger partial charge >= 0.3 is 0 Å². The second kappa shape index (κ2) is 4.35. The molecule has 4 heteroatoms. The highest BCUT2D eigenvalue weighted by molar-refractivity contribution is 6.01. The summed E-state index contributed by atoms with van der Waals surface area (Å²) in [6.07, 6.45) is 8.81. The maximum Gasteiger partial charge on any atom is 0.253 e. The van der Waals surface area contributed by atoms with Gasteiger partial charge in [0.2, 0.25) is 0 Å². The van der Waals surface area contributed by atoms with Gasteiger partial charge in [-0.05, 0) is 43.6 Å². The van der Waals surface area contributed by atoms with Crippen molar-refractivity contribution in [2.24, 2.45) is 5.41 Å². The van der Waals surface area contributed by atoms with Crippen molar-refractivity contribution in [3.8, 4) is 0 Å². The maximum absolute atomic E-state index is 12.5. The molecule has 0 aromatic carbocycles. The summed E-state index contributed by atoms with van der Waals surface area (Å²) >= 11 is 0. The van der Waals surface area contributed by atoms with Crippen molar-refractivity contribution in [2.75, 3.05) is 7.11 Å². The second-order valence-electron chi connectivity index (χ2n) is 5.01. The molecule has 1 fully saturated rings. The van der Waals surface area contributed by atoms with E-state index in [2.05, 4.69) is 0 Å². The van der Waals surface area contributed by atoms with Gasteiger partial charge in [-0.1, -0.05) is 13.8 Å². The van der Waals surface area contributed by atoms with Crippen molar-refractivity contribution in [3.05, 3.63) is 24.3 Å². The zero-order valence-electron chi connectivity index (χ0n) is 11.1. The Morgan fingerprint density at radius 2 is 1.78 bits per heavy atom. The highest BCUT2D eigenvalue weighted by atomic mass is 16.7. The summed E-state index contributed by atoms with van der Waals surface area (Å²) in [6.45, 7) is 4.05. The van der Waals surface area contributed by atoms with Gasteiger partial charge in [-0.2, -0.15) is 0 Å². The Bertz CT molecular complexity index is 416. The fourth-order valence-electron chi connectivity index (χ4n) is 2.97. The third-order valence-electron chi connectivity index (χ3n) is 4.25. The van der Waals surface area contributed by atoms with Crippen LogP contribution in [0.1, 0.15) is 33.1 Å². The lowest BCUT2D eigenvalue weighted by atomic mass is 9.75. The smallest absolute Gasteiger partial charge is 0.253 e. The minimum atomic E-state index is -0.592. The molecule has 18 heavy (non-hydrogen) atoms. The molecule has 4 nitrogen and oxygen atoms in total. The van der Waals surface area contributed by atoms with Gasteiger partial charge < -0.3 is 0 Å². The number of rotatable bonds is 3. The molecule has 0 aromatic rings. The number of carbonyl (C=O) groups excluding carboxylic acids is 2. The molecule has 0 N–H and O–H groups in total. The molecule has 1 aliphatic carbocycles. The van der Waals surface area contributed by atoms with Gasteiger partial charge in [0.15, 0.2) is 5.78 Å². The maximum atomic E-state index is 12.5. The zero-order valence-corrected chi connectivity index (χ0v) is 11.1. The number of hydroxylamine groups is 2. The van der Waals surface area contributed by atoms with Gasteiger partial charge in [0.05, 0.1) is 12.5 Å². The molecular formula is C14H19NO3. The SMILES string of the molecule is CCC1(CC)CC2(C=CC(=O)C=C2)N(OC)C1=O. The van der Waals surface area contributed by atoms with Crippen LogP contribution in [-0.2, 0) is 14.4 Å². The summed E-state index contributed by atoms with van der Waals surface area (Å²) in [5, 5.41) is 1.42. The number of carbonyl (C=O) groups is 2.